The molecule has 1 aliphatic heterocycles. The van der Waals surface area contributed by atoms with Crippen molar-refractivity contribution in [3.8, 4) is 5.75 Å². The van der Waals surface area contributed by atoms with Crippen LogP contribution in [0.4, 0.5) is 4.39 Å². The highest BCUT2D eigenvalue weighted by atomic mass is 19.1. The molecule has 0 aliphatic carbocycles. The van der Waals surface area contributed by atoms with Gasteiger partial charge in [-0.25, -0.2) is 4.39 Å². The first-order valence-electron chi connectivity index (χ1n) is 6.49. The number of rotatable bonds is 4. The van der Waals surface area contributed by atoms with Crippen LogP contribution >= 0.6 is 0 Å². The van der Waals surface area contributed by atoms with Crippen molar-refractivity contribution in [3.63, 3.8) is 0 Å². The van der Waals surface area contributed by atoms with E-state index in [2.05, 4.69) is 0 Å². The Balaban J connectivity index is 1.70. The van der Waals surface area contributed by atoms with E-state index < -0.39 is 0 Å². The number of nitrogens with zero attached hydrogens (tertiary/aromatic N) is 1. The monoisotopic (exact) mass is 267 g/mol. The number of aliphatic hydroxyl groups excluding tert-OH is 1. The Bertz CT molecular complexity index is 413. The second-order valence-electron chi connectivity index (χ2n) is 4.66. The van der Waals surface area contributed by atoms with Crippen LogP contribution in [0.15, 0.2) is 24.3 Å². The maximum absolute atomic E-state index is 12.7. The molecule has 1 aliphatic rings. The van der Waals surface area contributed by atoms with E-state index in [-0.39, 0.29) is 24.4 Å². The fourth-order valence-corrected chi connectivity index (χ4v) is 2.06. The van der Waals surface area contributed by atoms with Gasteiger partial charge in [-0.3, -0.25) is 4.79 Å². The van der Waals surface area contributed by atoms with Gasteiger partial charge in [0.1, 0.15) is 11.6 Å². The van der Waals surface area contributed by atoms with Crippen molar-refractivity contribution in [1.29, 1.82) is 0 Å². The summed E-state index contributed by atoms with van der Waals surface area (Å²) < 4.78 is 18.1. The molecule has 0 aromatic heterocycles. The summed E-state index contributed by atoms with van der Waals surface area (Å²) in [6, 6.07) is 5.72. The fraction of sp³-hybridized carbons (Fsp3) is 0.500. The number of aliphatic hydroxyl groups is 1. The Hall–Kier alpha value is -1.62. The molecular formula is C14H18FNO3. The molecule has 0 unspecified atom stereocenters. The van der Waals surface area contributed by atoms with Crippen LogP contribution < -0.4 is 4.74 Å². The van der Waals surface area contributed by atoms with Crippen molar-refractivity contribution >= 4 is 5.91 Å². The molecule has 2 rings (SSSR count). The van der Waals surface area contributed by atoms with Gasteiger partial charge >= 0.3 is 0 Å². The van der Waals surface area contributed by atoms with E-state index in [4.69, 9.17) is 4.74 Å². The number of hydrogen-bond donors (Lipinski definition) is 1. The second-order valence-corrected chi connectivity index (χ2v) is 4.66. The van der Waals surface area contributed by atoms with Crippen molar-refractivity contribution in [2.45, 2.75) is 25.4 Å². The molecule has 1 aromatic carbocycles. The summed E-state index contributed by atoms with van der Waals surface area (Å²) in [4.78, 5) is 13.6. The lowest BCUT2D eigenvalue weighted by Gasteiger charge is -2.29. The van der Waals surface area contributed by atoms with Crippen LogP contribution in [-0.2, 0) is 4.79 Å². The van der Waals surface area contributed by atoms with E-state index in [1.165, 1.54) is 24.3 Å². The van der Waals surface area contributed by atoms with Crippen molar-refractivity contribution in [1.82, 2.24) is 4.90 Å². The zero-order chi connectivity index (χ0) is 13.7. The minimum absolute atomic E-state index is 0.0361. The molecule has 19 heavy (non-hydrogen) atoms. The van der Waals surface area contributed by atoms with E-state index >= 15 is 0 Å². The van der Waals surface area contributed by atoms with Gasteiger partial charge in [0.15, 0.2) is 0 Å². The molecule has 0 saturated carbocycles. The average molecular weight is 267 g/mol. The van der Waals surface area contributed by atoms with E-state index in [9.17, 15) is 14.3 Å². The van der Waals surface area contributed by atoms with Gasteiger partial charge in [-0.2, -0.15) is 0 Å². The number of ether oxygens (including phenoxy) is 1. The number of carbonyl (C=O) groups excluding carboxylic acids is 1. The number of benzene rings is 1. The summed E-state index contributed by atoms with van der Waals surface area (Å²) in [5.74, 6) is 0.285. The third kappa shape index (κ3) is 4.21. The largest absolute Gasteiger partial charge is 0.493 e. The highest BCUT2D eigenvalue weighted by Crippen LogP contribution is 2.13. The Morgan fingerprint density at radius 3 is 2.58 bits per heavy atom. The second kappa shape index (κ2) is 6.52. The zero-order valence-corrected chi connectivity index (χ0v) is 10.7. The van der Waals surface area contributed by atoms with E-state index in [1.807, 2.05) is 0 Å². The van der Waals surface area contributed by atoms with Gasteiger partial charge in [-0.15, -0.1) is 0 Å². The average Bonchev–Trinajstić information content (AvgIpc) is 2.41. The van der Waals surface area contributed by atoms with Gasteiger partial charge < -0.3 is 14.7 Å². The van der Waals surface area contributed by atoms with Gasteiger partial charge in [-0.05, 0) is 37.1 Å². The summed E-state index contributed by atoms with van der Waals surface area (Å²) in [6.07, 6.45) is 1.31. The van der Waals surface area contributed by atoms with Crippen molar-refractivity contribution in [2.24, 2.45) is 0 Å². The summed E-state index contributed by atoms with van der Waals surface area (Å²) in [5.41, 5.74) is 0. The predicted octanol–water partition coefficient (Wildman–Crippen LogP) is 1.58. The fourth-order valence-electron chi connectivity index (χ4n) is 2.06. The SMILES string of the molecule is O=C(CCOc1ccc(F)cc1)N1CCC(O)CC1. The Morgan fingerprint density at radius 1 is 1.32 bits per heavy atom. The maximum atomic E-state index is 12.7. The molecule has 0 spiro atoms. The first-order chi connectivity index (χ1) is 9.15. The number of amides is 1. The van der Waals surface area contributed by atoms with E-state index in [1.54, 1.807) is 4.90 Å². The molecule has 1 aromatic rings. The van der Waals surface area contributed by atoms with Crippen LogP contribution in [0.1, 0.15) is 19.3 Å². The highest BCUT2D eigenvalue weighted by molar-refractivity contribution is 5.76. The highest BCUT2D eigenvalue weighted by Gasteiger charge is 2.20. The molecule has 0 atom stereocenters. The number of carbonyl (C=O) groups is 1. The lowest BCUT2D eigenvalue weighted by atomic mass is 10.1. The van der Waals surface area contributed by atoms with Crippen LogP contribution in [0.5, 0.6) is 5.75 Å². The number of hydrogen-bond acceptors (Lipinski definition) is 3. The van der Waals surface area contributed by atoms with Crippen LogP contribution in [0.3, 0.4) is 0 Å². The minimum Gasteiger partial charge on any atom is -0.493 e. The molecule has 1 fully saturated rings. The van der Waals surface area contributed by atoms with Gasteiger partial charge in [0, 0.05) is 13.1 Å². The van der Waals surface area contributed by atoms with Crippen LogP contribution in [0.2, 0.25) is 0 Å². The molecule has 104 valence electrons. The number of halogens is 1. The molecule has 0 radical (unpaired) electrons. The Labute approximate surface area is 111 Å². The molecule has 1 saturated heterocycles. The first kappa shape index (κ1) is 13.8. The standard InChI is InChI=1S/C14H18FNO3/c15-11-1-3-13(4-2-11)19-10-7-14(18)16-8-5-12(17)6-9-16/h1-4,12,17H,5-10H2. The molecule has 5 heteroatoms. The van der Waals surface area contributed by atoms with Crippen molar-refractivity contribution in [2.75, 3.05) is 19.7 Å². The quantitative estimate of drug-likeness (QED) is 0.901. The van der Waals surface area contributed by atoms with Crippen LogP contribution in [-0.4, -0.2) is 41.7 Å². The summed E-state index contributed by atoms with van der Waals surface area (Å²) >= 11 is 0. The lowest BCUT2D eigenvalue weighted by Crippen LogP contribution is -2.40. The lowest BCUT2D eigenvalue weighted by molar-refractivity contribution is -0.133. The summed E-state index contributed by atoms with van der Waals surface area (Å²) in [5, 5.41) is 9.36. The van der Waals surface area contributed by atoms with Gasteiger partial charge in [0.25, 0.3) is 0 Å². The molecular weight excluding hydrogens is 249 g/mol. The first-order valence-corrected chi connectivity index (χ1v) is 6.49. The van der Waals surface area contributed by atoms with E-state index in [0.717, 1.165) is 0 Å². The minimum atomic E-state index is -0.310. The van der Waals surface area contributed by atoms with Gasteiger partial charge in [0.05, 0.1) is 19.1 Å². The molecule has 1 N–H and O–H groups in total. The third-order valence-corrected chi connectivity index (χ3v) is 3.22. The van der Waals surface area contributed by atoms with Gasteiger partial charge in [-0.1, -0.05) is 0 Å². The van der Waals surface area contributed by atoms with Gasteiger partial charge in [0.2, 0.25) is 5.91 Å². The summed E-state index contributed by atoms with van der Waals surface area (Å²) in [6.45, 7) is 1.50. The number of piperidine rings is 1. The molecule has 1 heterocycles. The Morgan fingerprint density at radius 2 is 1.95 bits per heavy atom. The van der Waals surface area contributed by atoms with E-state index in [0.29, 0.717) is 38.1 Å². The molecule has 1 amide bonds. The third-order valence-electron chi connectivity index (χ3n) is 3.22. The van der Waals surface area contributed by atoms with Crippen molar-refractivity contribution < 1.29 is 19.0 Å². The Kier molecular flexibility index (Phi) is 4.74. The van der Waals surface area contributed by atoms with Crippen LogP contribution in [0, 0.1) is 5.82 Å². The number of likely N-dealkylation sites (tertiary alicyclic amines) is 1. The smallest absolute Gasteiger partial charge is 0.226 e. The van der Waals surface area contributed by atoms with Crippen molar-refractivity contribution in [3.05, 3.63) is 30.1 Å². The summed E-state index contributed by atoms with van der Waals surface area (Å²) in [7, 11) is 0. The maximum Gasteiger partial charge on any atom is 0.226 e. The topological polar surface area (TPSA) is 49.8 Å². The van der Waals surface area contributed by atoms with Crippen LogP contribution in [0.25, 0.3) is 0 Å². The normalized spacial score (nSPS) is 16.4. The zero-order valence-electron chi connectivity index (χ0n) is 10.7. The molecule has 0 bridgehead atoms. The predicted molar refractivity (Wildman–Crippen MR) is 68.3 cm³/mol. The molecule has 4 nitrogen and oxygen atoms in total.